The Morgan fingerprint density at radius 2 is 1.90 bits per heavy atom. The molecule has 2 fully saturated rings. The maximum atomic E-state index is 12.4. The minimum atomic E-state index is 0.0545. The van der Waals surface area contributed by atoms with Crippen molar-refractivity contribution in [3.8, 4) is 0 Å². The van der Waals surface area contributed by atoms with E-state index in [2.05, 4.69) is 24.3 Å². The van der Waals surface area contributed by atoms with E-state index in [0.29, 0.717) is 11.8 Å². The summed E-state index contributed by atoms with van der Waals surface area (Å²) in [5, 5.41) is 7.65. The van der Waals surface area contributed by atoms with E-state index in [4.69, 9.17) is 0 Å². The van der Waals surface area contributed by atoms with E-state index in [1.54, 1.807) is 0 Å². The van der Waals surface area contributed by atoms with Crippen LogP contribution in [-0.4, -0.2) is 15.7 Å². The summed E-state index contributed by atoms with van der Waals surface area (Å²) in [4.78, 5) is 12.4. The standard InChI is InChI=1S/C16H25N3O/c1-9(14-10(2)18-19(4)11(14)3)17-16(20)15-12-7-5-6-8-13(12)15/h9,12-13,15H,5-8H2,1-4H3,(H,17,20)/t9-,12-,13+,15?/m0/s1. The molecule has 1 aromatic rings. The van der Waals surface area contributed by atoms with Gasteiger partial charge in [0.1, 0.15) is 0 Å². The zero-order valence-electron chi connectivity index (χ0n) is 12.9. The molecule has 2 saturated carbocycles. The molecule has 2 aliphatic rings. The quantitative estimate of drug-likeness (QED) is 0.922. The van der Waals surface area contributed by atoms with Gasteiger partial charge in [0, 0.05) is 24.2 Å². The van der Waals surface area contributed by atoms with E-state index in [0.717, 1.165) is 11.4 Å². The molecule has 4 heteroatoms. The van der Waals surface area contributed by atoms with Crippen molar-refractivity contribution in [2.24, 2.45) is 24.8 Å². The summed E-state index contributed by atoms with van der Waals surface area (Å²) in [6, 6.07) is 0.0545. The molecule has 20 heavy (non-hydrogen) atoms. The van der Waals surface area contributed by atoms with Crippen molar-refractivity contribution < 1.29 is 4.79 Å². The third-order valence-electron chi connectivity index (χ3n) is 5.32. The largest absolute Gasteiger partial charge is 0.349 e. The van der Waals surface area contributed by atoms with Crippen molar-refractivity contribution in [2.75, 3.05) is 0 Å². The number of carbonyl (C=O) groups excluding carboxylic acids is 1. The second-order valence-electron chi connectivity index (χ2n) is 6.58. The molecule has 0 saturated heterocycles. The average molecular weight is 275 g/mol. The van der Waals surface area contributed by atoms with Gasteiger partial charge in [0.2, 0.25) is 5.91 Å². The Kier molecular flexibility index (Phi) is 3.35. The lowest BCUT2D eigenvalue weighted by Crippen LogP contribution is -2.29. The predicted octanol–water partition coefficient (Wildman–Crippen LogP) is 2.65. The predicted molar refractivity (Wildman–Crippen MR) is 78.2 cm³/mol. The monoisotopic (exact) mass is 275 g/mol. The number of nitrogens with one attached hydrogen (secondary N) is 1. The van der Waals surface area contributed by atoms with E-state index in [1.807, 2.05) is 18.7 Å². The zero-order valence-corrected chi connectivity index (χ0v) is 12.9. The van der Waals surface area contributed by atoms with Gasteiger partial charge in [-0.25, -0.2) is 0 Å². The number of rotatable bonds is 3. The number of fused-ring (bicyclic) bond motifs is 1. The Labute approximate surface area is 120 Å². The number of hydrogen-bond acceptors (Lipinski definition) is 2. The summed E-state index contributed by atoms with van der Waals surface area (Å²) < 4.78 is 1.89. The van der Waals surface area contributed by atoms with E-state index in [1.165, 1.54) is 31.2 Å². The highest BCUT2D eigenvalue weighted by Crippen LogP contribution is 2.55. The van der Waals surface area contributed by atoms with Gasteiger partial charge in [-0.15, -0.1) is 0 Å². The van der Waals surface area contributed by atoms with Crippen molar-refractivity contribution >= 4 is 5.91 Å². The molecule has 0 radical (unpaired) electrons. The second kappa shape index (κ2) is 4.90. The van der Waals surface area contributed by atoms with Crippen LogP contribution >= 0.6 is 0 Å². The van der Waals surface area contributed by atoms with Gasteiger partial charge in [0.15, 0.2) is 0 Å². The highest BCUT2D eigenvalue weighted by Gasteiger charge is 2.54. The fourth-order valence-electron chi connectivity index (χ4n) is 4.18. The Hall–Kier alpha value is -1.32. The maximum Gasteiger partial charge on any atom is 0.224 e. The molecular formula is C16H25N3O. The summed E-state index contributed by atoms with van der Waals surface area (Å²) in [7, 11) is 1.95. The van der Waals surface area contributed by atoms with Gasteiger partial charge in [0.25, 0.3) is 0 Å². The first-order valence-corrected chi connectivity index (χ1v) is 7.81. The first kappa shape index (κ1) is 13.7. The molecule has 0 spiro atoms. The first-order chi connectivity index (χ1) is 9.50. The van der Waals surface area contributed by atoms with Crippen LogP contribution in [0.5, 0.6) is 0 Å². The Morgan fingerprint density at radius 3 is 2.40 bits per heavy atom. The van der Waals surface area contributed by atoms with E-state index >= 15 is 0 Å². The number of aromatic nitrogens is 2. The minimum Gasteiger partial charge on any atom is -0.349 e. The van der Waals surface area contributed by atoms with Crippen LogP contribution in [0.15, 0.2) is 0 Å². The van der Waals surface area contributed by atoms with Gasteiger partial charge in [-0.1, -0.05) is 12.8 Å². The summed E-state index contributed by atoms with van der Waals surface area (Å²) in [5.74, 6) is 1.90. The zero-order chi connectivity index (χ0) is 14.4. The molecule has 1 unspecified atom stereocenters. The third kappa shape index (κ3) is 2.15. The topological polar surface area (TPSA) is 46.9 Å². The molecule has 3 rings (SSSR count). The number of hydrogen-bond donors (Lipinski definition) is 1. The first-order valence-electron chi connectivity index (χ1n) is 7.81. The Bertz CT molecular complexity index is 522. The highest BCUT2D eigenvalue weighted by atomic mass is 16.2. The van der Waals surface area contributed by atoms with Crippen LogP contribution in [0, 0.1) is 31.6 Å². The van der Waals surface area contributed by atoms with Crippen LogP contribution in [0.4, 0.5) is 0 Å². The number of aryl methyl sites for hydroxylation is 2. The minimum absolute atomic E-state index is 0.0545. The van der Waals surface area contributed by atoms with Crippen molar-refractivity contribution in [2.45, 2.75) is 52.5 Å². The molecule has 4 atom stereocenters. The lowest BCUT2D eigenvalue weighted by Gasteiger charge is -2.15. The fourth-order valence-corrected chi connectivity index (χ4v) is 4.18. The molecule has 1 aromatic heterocycles. The highest BCUT2D eigenvalue weighted by molar-refractivity contribution is 5.82. The molecular weight excluding hydrogens is 250 g/mol. The van der Waals surface area contributed by atoms with Gasteiger partial charge >= 0.3 is 0 Å². The average Bonchev–Trinajstić information content (AvgIpc) is 3.06. The Morgan fingerprint density at radius 1 is 1.30 bits per heavy atom. The van der Waals surface area contributed by atoms with Crippen LogP contribution in [0.25, 0.3) is 0 Å². The van der Waals surface area contributed by atoms with Gasteiger partial charge in [0.05, 0.1) is 11.7 Å². The fraction of sp³-hybridized carbons (Fsp3) is 0.750. The van der Waals surface area contributed by atoms with Crippen LogP contribution < -0.4 is 5.32 Å². The number of carbonyl (C=O) groups is 1. The Balaban J connectivity index is 1.67. The summed E-state index contributed by atoms with van der Waals surface area (Å²) >= 11 is 0. The summed E-state index contributed by atoms with van der Waals surface area (Å²) in [5.41, 5.74) is 3.33. The van der Waals surface area contributed by atoms with Crippen LogP contribution in [0.1, 0.15) is 55.6 Å². The smallest absolute Gasteiger partial charge is 0.224 e. The van der Waals surface area contributed by atoms with Gasteiger partial charge in [-0.3, -0.25) is 9.48 Å². The van der Waals surface area contributed by atoms with Crippen molar-refractivity contribution in [3.63, 3.8) is 0 Å². The molecule has 2 aliphatic carbocycles. The third-order valence-corrected chi connectivity index (χ3v) is 5.32. The molecule has 110 valence electrons. The molecule has 0 aliphatic heterocycles. The van der Waals surface area contributed by atoms with E-state index < -0.39 is 0 Å². The molecule has 4 nitrogen and oxygen atoms in total. The SMILES string of the molecule is Cc1nn(C)c(C)c1[C@H](C)NC(=O)C1[C@H]2CCCC[C@@H]12. The van der Waals surface area contributed by atoms with Gasteiger partial charge < -0.3 is 5.32 Å². The molecule has 0 aromatic carbocycles. The van der Waals surface area contributed by atoms with Crippen molar-refractivity contribution in [1.82, 2.24) is 15.1 Å². The second-order valence-corrected chi connectivity index (χ2v) is 6.58. The van der Waals surface area contributed by atoms with Crippen LogP contribution in [0.2, 0.25) is 0 Å². The molecule has 1 amide bonds. The van der Waals surface area contributed by atoms with Crippen molar-refractivity contribution in [1.29, 1.82) is 0 Å². The van der Waals surface area contributed by atoms with E-state index in [-0.39, 0.29) is 17.9 Å². The van der Waals surface area contributed by atoms with Crippen LogP contribution in [0.3, 0.4) is 0 Å². The maximum absolute atomic E-state index is 12.4. The van der Waals surface area contributed by atoms with E-state index in [9.17, 15) is 4.79 Å². The lowest BCUT2D eigenvalue weighted by atomic mass is 10.0. The summed E-state index contributed by atoms with van der Waals surface area (Å²) in [6.07, 6.45) is 5.12. The van der Waals surface area contributed by atoms with Crippen molar-refractivity contribution in [3.05, 3.63) is 17.0 Å². The normalized spacial score (nSPS) is 29.7. The molecule has 1 N–H and O–H groups in total. The van der Waals surface area contributed by atoms with Gasteiger partial charge in [-0.05, 0) is 45.4 Å². The number of amides is 1. The molecule has 0 bridgehead atoms. The number of nitrogens with zero attached hydrogens (tertiary/aromatic N) is 2. The van der Waals surface area contributed by atoms with Gasteiger partial charge in [-0.2, -0.15) is 5.10 Å². The van der Waals surface area contributed by atoms with Crippen LogP contribution in [-0.2, 0) is 11.8 Å². The molecule has 1 heterocycles. The summed E-state index contributed by atoms with van der Waals surface area (Å²) in [6.45, 7) is 6.15. The lowest BCUT2D eigenvalue weighted by molar-refractivity contribution is -0.123.